The summed E-state index contributed by atoms with van der Waals surface area (Å²) in [7, 11) is 0. The van der Waals surface area contributed by atoms with Crippen molar-refractivity contribution < 1.29 is 30.0 Å². The molecule has 0 spiro atoms. The highest BCUT2D eigenvalue weighted by atomic mass is 16.4. The van der Waals surface area contributed by atoms with Crippen LogP contribution in [-0.4, -0.2) is 22.2 Å². The number of aryl methyl sites for hydroxylation is 2. The fraction of sp³-hybridized carbons (Fsp3) is 0.167. The summed E-state index contributed by atoms with van der Waals surface area (Å²) in [6, 6.07) is 27.9. The van der Waals surface area contributed by atoms with Crippen LogP contribution < -0.4 is 10.2 Å². The molecule has 6 rings (SSSR count). The van der Waals surface area contributed by atoms with Gasteiger partial charge in [0.25, 0.3) is 0 Å². The first-order valence-corrected chi connectivity index (χ1v) is 13.7. The second-order valence-electron chi connectivity index (χ2n) is 11.1. The van der Waals surface area contributed by atoms with E-state index in [2.05, 4.69) is 0 Å². The van der Waals surface area contributed by atoms with Gasteiger partial charge in [0, 0.05) is 23.0 Å². The van der Waals surface area contributed by atoms with E-state index in [0.717, 1.165) is 0 Å². The molecule has 0 bridgehead atoms. The lowest BCUT2D eigenvalue weighted by molar-refractivity contribution is -0.303. The Morgan fingerprint density at radius 1 is 0.571 bits per heavy atom. The second-order valence-corrected chi connectivity index (χ2v) is 11.1. The first-order chi connectivity index (χ1) is 20.1. The molecule has 4 unspecified atom stereocenters. The Bertz CT molecular complexity index is 1680. The van der Waals surface area contributed by atoms with Crippen LogP contribution in [0.4, 0.5) is 0 Å². The summed E-state index contributed by atoms with van der Waals surface area (Å²) in [5, 5.41) is 51.8. The van der Waals surface area contributed by atoms with Crippen molar-refractivity contribution in [2.75, 3.05) is 0 Å². The van der Waals surface area contributed by atoms with Gasteiger partial charge in [-0.15, -0.1) is 0 Å². The maximum atomic E-state index is 13.0. The minimum Gasteiger partial charge on any atom is -0.545 e. The topological polar surface area (TPSA) is 121 Å². The Morgan fingerprint density at radius 3 is 1.26 bits per heavy atom. The van der Waals surface area contributed by atoms with Crippen molar-refractivity contribution >= 4 is 24.1 Å². The lowest BCUT2D eigenvalue weighted by atomic mass is 9.54. The summed E-state index contributed by atoms with van der Waals surface area (Å²) in [5.41, 5.74) is -1.20. The van der Waals surface area contributed by atoms with Gasteiger partial charge in [-0.2, -0.15) is 0 Å². The molecular formula is C36H28O6-2. The Kier molecular flexibility index (Phi) is 6.49. The maximum absolute atomic E-state index is 13.0. The molecule has 2 aliphatic carbocycles. The van der Waals surface area contributed by atoms with Gasteiger partial charge < -0.3 is 30.0 Å². The molecule has 4 aromatic rings. The van der Waals surface area contributed by atoms with Gasteiger partial charge in [-0.3, -0.25) is 0 Å². The van der Waals surface area contributed by atoms with E-state index in [1.54, 1.807) is 111 Å². The van der Waals surface area contributed by atoms with Gasteiger partial charge in [0.2, 0.25) is 0 Å². The van der Waals surface area contributed by atoms with E-state index in [4.69, 9.17) is 0 Å². The van der Waals surface area contributed by atoms with Gasteiger partial charge >= 0.3 is 0 Å². The van der Waals surface area contributed by atoms with Crippen molar-refractivity contribution in [1.29, 1.82) is 0 Å². The fourth-order valence-electron chi connectivity index (χ4n) is 7.06. The van der Waals surface area contributed by atoms with Crippen LogP contribution in [-0.2, 0) is 20.8 Å². The number of carboxylic acids is 2. The molecule has 2 N–H and O–H groups in total. The van der Waals surface area contributed by atoms with Crippen molar-refractivity contribution in [2.24, 2.45) is 0 Å². The van der Waals surface area contributed by atoms with E-state index in [0.29, 0.717) is 44.5 Å². The van der Waals surface area contributed by atoms with Crippen LogP contribution in [0.2, 0.25) is 0 Å². The number of aliphatic carboxylic acids is 2. The van der Waals surface area contributed by atoms with Gasteiger partial charge in [0.05, 0.1) is 11.9 Å². The van der Waals surface area contributed by atoms with Crippen molar-refractivity contribution in [3.8, 4) is 0 Å². The van der Waals surface area contributed by atoms with Crippen molar-refractivity contribution in [1.82, 2.24) is 0 Å². The number of hydrogen-bond acceptors (Lipinski definition) is 6. The van der Waals surface area contributed by atoms with E-state index in [1.807, 2.05) is 0 Å². The van der Waals surface area contributed by atoms with Crippen LogP contribution in [0.25, 0.3) is 12.2 Å². The lowest BCUT2D eigenvalue weighted by Crippen LogP contribution is -2.54. The van der Waals surface area contributed by atoms with Crippen LogP contribution in [0.5, 0.6) is 0 Å². The average molecular weight is 557 g/mol. The Labute approximate surface area is 243 Å². The smallest absolute Gasteiger partial charge is 0.124 e. The molecule has 2 aliphatic rings. The minimum absolute atomic E-state index is 0.314. The number of carbonyl (C=O) groups excluding carboxylic acids is 2. The highest BCUT2D eigenvalue weighted by Gasteiger charge is 2.59. The average Bonchev–Trinajstić information content (AvgIpc) is 2.97. The Hall–Kier alpha value is -4.78. The van der Waals surface area contributed by atoms with Crippen LogP contribution in [0.1, 0.15) is 56.3 Å². The van der Waals surface area contributed by atoms with E-state index < -0.39 is 35.0 Å². The predicted octanol–water partition coefficient (Wildman–Crippen LogP) is 3.24. The van der Waals surface area contributed by atoms with Crippen LogP contribution >= 0.6 is 0 Å². The monoisotopic (exact) mass is 556 g/mol. The largest absolute Gasteiger partial charge is 0.545 e. The molecular weight excluding hydrogens is 528 g/mol. The SMILES string of the molecule is Cc1ccccc1C1(O)C(C(=O)[O-])=Cc2ccccc2C1C1c2ccccc2C=C(C(=O)[O-])C1(O)c1ccccc1C. The van der Waals surface area contributed by atoms with E-state index in [9.17, 15) is 30.0 Å². The third-order valence-electron chi connectivity index (χ3n) is 8.87. The first-order valence-electron chi connectivity index (χ1n) is 13.7. The summed E-state index contributed by atoms with van der Waals surface area (Å²) in [4.78, 5) is 25.8. The zero-order valence-electron chi connectivity index (χ0n) is 23.1. The van der Waals surface area contributed by atoms with Crippen molar-refractivity contribution in [2.45, 2.75) is 36.9 Å². The van der Waals surface area contributed by atoms with E-state index >= 15 is 0 Å². The molecule has 0 heterocycles. The number of rotatable bonds is 5. The first kappa shape index (κ1) is 27.4. The number of fused-ring (bicyclic) bond motifs is 2. The van der Waals surface area contributed by atoms with E-state index in [1.165, 1.54) is 12.2 Å². The summed E-state index contributed by atoms with van der Waals surface area (Å²) in [6.45, 7) is 3.54. The predicted molar refractivity (Wildman–Crippen MR) is 154 cm³/mol. The summed E-state index contributed by atoms with van der Waals surface area (Å²) < 4.78 is 0. The molecule has 0 radical (unpaired) electrons. The third kappa shape index (κ3) is 3.87. The van der Waals surface area contributed by atoms with Gasteiger partial charge in [0.15, 0.2) is 0 Å². The van der Waals surface area contributed by atoms with Crippen LogP contribution in [0.15, 0.2) is 108 Å². The molecule has 0 aromatic heterocycles. The molecule has 0 fully saturated rings. The molecule has 4 aromatic carbocycles. The van der Waals surface area contributed by atoms with Gasteiger partial charge in [-0.1, -0.05) is 97.1 Å². The van der Waals surface area contributed by atoms with Gasteiger partial charge in [0.1, 0.15) is 11.2 Å². The minimum atomic E-state index is -2.23. The summed E-state index contributed by atoms with van der Waals surface area (Å²) in [5.74, 6) is -5.50. The van der Waals surface area contributed by atoms with Crippen LogP contribution in [0, 0.1) is 13.8 Å². The molecule has 0 amide bonds. The second kappa shape index (κ2) is 9.94. The van der Waals surface area contributed by atoms with Crippen molar-refractivity contribution in [3.63, 3.8) is 0 Å². The molecule has 6 nitrogen and oxygen atoms in total. The zero-order valence-corrected chi connectivity index (χ0v) is 23.1. The molecule has 0 aliphatic heterocycles. The van der Waals surface area contributed by atoms with Gasteiger partial charge in [-0.05, 0) is 70.5 Å². The standard InChI is InChI=1S/C36H30O6/c1-21-11-3-9-17-27(21)35(41)29(33(37)38)19-23-13-5-7-15-25(23)31(35)32-26-16-8-6-14-24(26)20-30(34(39)40)36(32,42)28-18-10-4-12-22(28)2/h3-20,31-32,41-42H,1-2H3,(H,37,38)(H,39,40)/p-2. The van der Waals surface area contributed by atoms with E-state index in [-0.39, 0.29) is 11.1 Å². The number of carboxylic acid groups (broad SMARTS) is 2. The summed E-state index contributed by atoms with van der Waals surface area (Å²) >= 11 is 0. The number of benzene rings is 4. The number of carbonyl (C=O) groups is 2. The fourth-order valence-corrected chi connectivity index (χ4v) is 7.06. The Morgan fingerprint density at radius 2 is 0.905 bits per heavy atom. The van der Waals surface area contributed by atoms with Crippen LogP contribution in [0.3, 0.4) is 0 Å². The highest BCUT2D eigenvalue weighted by molar-refractivity contribution is 5.97. The van der Waals surface area contributed by atoms with Crippen molar-refractivity contribution in [3.05, 3.63) is 153 Å². The lowest BCUT2D eigenvalue weighted by Gasteiger charge is -2.53. The molecule has 4 atom stereocenters. The number of aliphatic hydroxyl groups is 2. The molecule has 0 saturated heterocycles. The number of hydrogen-bond donors (Lipinski definition) is 2. The Balaban J connectivity index is 1.80. The third-order valence-corrected chi connectivity index (χ3v) is 8.87. The molecule has 42 heavy (non-hydrogen) atoms. The zero-order chi connectivity index (χ0) is 29.8. The highest BCUT2D eigenvalue weighted by Crippen LogP contribution is 2.62. The summed E-state index contributed by atoms with van der Waals surface area (Å²) in [6.07, 6.45) is 2.81. The molecule has 0 saturated carbocycles. The maximum Gasteiger partial charge on any atom is 0.124 e. The quantitative estimate of drug-likeness (QED) is 0.390. The normalized spacial score (nSPS) is 24.6. The molecule has 6 heteroatoms. The van der Waals surface area contributed by atoms with Gasteiger partial charge in [-0.25, -0.2) is 0 Å². The molecule has 210 valence electrons.